The molecule has 5 rings (SSSR count). The first-order valence-electron chi connectivity index (χ1n) is 9.98. The van der Waals surface area contributed by atoms with Crippen molar-refractivity contribution in [3.05, 3.63) is 60.6 Å². The van der Waals surface area contributed by atoms with E-state index in [4.69, 9.17) is 4.42 Å². The Morgan fingerprint density at radius 2 is 1.97 bits per heavy atom. The van der Waals surface area contributed by atoms with E-state index in [-0.39, 0.29) is 0 Å². The fourth-order valence-corrected chi connectivity index (χ4v) is 4.71. The fraction of sp³-hybridized carbons (Fsp3) is 0.261. The minimum atomic E-state index is 0.848. The van der Waals surface area contributed by atoms with Crippen LogP contribution in [0.4, 0.5) is 11.4 Å². The van der Waals surface area contributed by atoms with Crippen LogP contribution < -0.4 is 9.62 Å². The van der Waals surface area contributed by atoms with Gasteiger partial charge in [0.2, 0.25) is 0 Å². The standard InChI is InChI=1S/C23H24N4OS/c1-16-8-9-21(28-16)29-25-20-10-11-24-23-22(20)19(15-26(23)2)17-6-5-7-18(14-17)27-12-3-4-13-27/h5-11,14-15H,3-4,12-13H2,1-2H3,(H,24,25). The molecule has 1 aromatic carbocycles. The lowest BCUT2D eigenvalue weighted by Gasteiger charge is -2.18. The summed E-state index contributed by atoms with van der Waals surface area (Å²) in [6, 6.07) is 14.9. The molecule has 148 valence electrons. The second-order valence-corrected chi connectivity index (χ2v) is 8.34. The minimum absolute atomic E-state index is 0.848. The molecule has 3 aromatic heterocycles. The summed E-state index contributed by atoms with van der Waals surface area (Å²) in [4.78, 5) is 7.10. The van der Waals surface area contributed by atoms with Crippen molar-refractivity contribution in [2.75, 3.05) is 22.7 Å². The van der Waals surface area contributed by atoms with Crippen molar-refractivity contribution in [1.82, 2.24) is 9.55 Å². The Kier molecular flexibility index (Phi) is 4.72. The van der Waals surface area contributed by atoms with Gasteiger partial charge in [-0.05, 0) is 55.7 Å². The van der Waals surface area contributed by atoms with Crippen molar-refractivity contribution in [2.45, 2.75) is 24.9 Å². The molecule has 0 unspecified atom stereocenters. The molecule has 1 aliphatic rings. The zero-order valence-electron chi connectivity index (χ0n) is 16.7. The van der Waals surface area contributed by atoms with Crippen molar-refractivity contribution in [3.8, 4) is 11.1 Å². The summed E-state index contributed by atoms with van der Waals surface area (Å²) < 4.78 is 11.3. The van der Waals surface area contributed by atoms with Crippen LogP contribution in [0.15, 0.2) is 64.4 Å². The number of benzene rings is 1. The normalized spacial score (nSPS) is 14.1. The van der Waals surface area contributed by atoms with Crippen molar-refractivity contribution in [1.29, 1.82) is 0 Å². The zero-order valence-corrected chi connectivity index (χ0v) is 17.5. The number of aromatic nitrogens is 2. The molecule has 4 aromatic rings. The van der Waals surface area contributed by atoms with Crippen LogP contribution in [0.5, 0.6) is 0 Å². The molecule has 29 heavy (non-hydrogen) atoms. The number of hydrogen-bond acceptors (Lipinski definition) is 5. The van der Waals surface area contributed by atoms with Crippen molar-refractivity contribution in [3.63, 3.8) is 0 Å². The number of furan rings is 1. The van der Waals surface area contributed by atoms with Crippen molar-refractivity contribution >= 4 is 34.4 Å². The summed E-state index contributed by atoms with van der Waals surface area (Å²) in [6.45, 7) is 4.25. The molecule has 1 saturated heterocycles. The molecule has 4 heterocycles. The maximum Gasteiger partial charge on any atom is 0.180 e. The Morgan fingerprint density at radius 3 is 2.76 bits per heavy atom. The smallest absolute Gasteiger partial charge is 0.180 e. The molecular weight excluding hydrogens is 380 g/mol. The Hall–Kier alpha value is -2.86. The maximum absolute atomic E-state index is 5.68. The highest BCUT2D eigenvalue weighted by Crippen LogP contribution is 2.37. The SMILES string of the molecule is Cc1ccc(SNc2ccnc3c2c(-c2cccc(N4CCCC4)c2)cn3C)o1. The lowest BCUT2D eigenvalue weighted by Crippen LogP contribution is -2.17. The number of rotatable bonds is 5. The highest BCUT2D eigenvalue weighted by Gasteiger charge is 2.17. The first kappa shape index (κ1) is 18.2. The second-order valence-electron chi connectivity index (χ2n) is 7.52. The van der Waals surface area contributed by atoms with E-state index in [0.29, 0.717) is 0 Å². The van der Waals surface area contributed by atoms with Crippen molar-refractivity contribution < 1.29 is 4.42 Å². The van der Waals surface area contributed by atoms with Gasteiger partial charge in [-0.2, -0.15) is 0 Å². The molecule has 0 bridgehead atoms. The van der Waals surface area contributed by atoms with E-state index < -0.39 is 0 Å². The summed E-state index contributed by atoms with van der Waals surface area (Å²) >= 11 is 1.48. The van der Waals surface area contributed by atoms with Crippen LogP contribution in [0, 0.1) is 6.92 Å². The van der Waals surface area contributed by atoms with E-state index in [9.17, 15) is 0 Å². The van der Waals surface area contributed by atoms with Gasteiger partial charge in [-0.25, -0.2) is 4.98 Å². The summed E-state index contributed by atoms with van der Waals surface area (Å²) in [6.07, 6.45) is 6.58. The Bertz CT molecular complexity index is 1160. The third-order valence-corrected chi connectivity index (χ3v) is 6.21. The van der Waals surface area contributed by atoms with Gasteiger partial charge in [0.1, 0.15) is 11.4 Å². The topological polar surface area (TPSA) is 46.2 Å². The number of fused-ring (bicyclic) bond motifs is 1. The summed E-state index contributed by atoms with van der Waals surface area (Å²) in [5.74, 6) is 0.910. The van der Waals surface area contributed by atoms with Gasteiger partial charge in [0.15, 0.2) is 5.09 Å². The van der Waals surface area contributed by atoms with Crippen molar-refractivity contribution in [2.24, 2.45) is 7.05 Å². The Morgan fingerprint density at radius 1 is 1.10 bits per heavy atom. The average Bonchev–Trinajstić information content (AvgIpc) is 3.48. The number of pyridine rings is 1. The Balaban J connectivity index is 1.54. The monoisotopic (exact) mass is 404 g/mol. The number of anilines is 2. The fourth-order valence-electron chi connectivity index (χ4n) is 4.02. The maximum atomic E-state index is 5.68. The second kappa shape index (κ2) is 7.52. The lowest BCUT2D eigenvalue weighted by atomic mass is 10.0. The molecule has 6 heteroatoms. The van der Waals surface area contributed by atoms with Gasteiger partial charge in [-0.15, -0.1) is 0 Å². The van der Waals surface area contributed by atoms with E-state index in [1.54, 1.807) is 0 Å². The summed E-state index contributed by atoms with van der Waals surface area (Å²) in [5.41, 5.74) is 5.71. The Labute approximate surface area is 174 Å². The van der Waals surface area contributed by atoms with E-state index in [1.165, 1.54) is 41.6 Å². The van der Waals surface area contributed by atoms with Gasteiger partial charge in [-0.1, -0.05) is 12.1 Å². The van der Waals surface area contributed by atoms with Crippen LogP contribution >= 0.6 is 11.9 Å². The summed E-state index contributed by atoms with van der Waals surface area (Å²) in [5, 5.41) is 1.98. The van der Waals surface area contributed by atoms with Gasteiger partial charge in [0.25, 0.3) is 0 Å². The number of hydrogen-bond donors (Lipinski definition) is 1. The van der Waals surface area contributed by atoms with Crippen LogP contribution in [0.2, 0.25) is 0 Å². The third-order valence-electron chi connectivity index (χ3n) is 5.46. The molecule has 1 fully saturated rings. The lowest BCUT2D eigenvalue weighted by molar-refractivity contribution is 0.449. The first-order chi connectivity index (χ1) is 14.2. The predicted molar refractivity (Wildman–Crippen MR) is 121 cm³/mol. The van der Waals surface area contributed by atoms with Crippen LogP contribution in [-0.2, 0) is 7.05 Å². The number of aryl methyl sites for hydroxylation is 2. The van der Waals surface area contributed by atoms with Gasteiger partial charge in [-0.3, -0.25) is 0 Å². The molecule has 0 aliphatic carbocycles. The molecular formula is C23H24N4OS. The minimum Gasteiger partial charge on any atom is -0.453 e. The van der Waals surface area contributed by atoms with Gasteiger partial charge < -0.3 is 18.6 Å². The van der Waals surface area contributed by atoms with Gasteiger partial charge >= 0.3 is 0 Å². The molecule has 1 aliphatic heterocycles. The zero-order chi connectivity index (χ0) is 19.8. The molecule has 0 atom stereocenters. The van der Waals surface area contributed by atoms with Crippen LogP contribution in [0.25, 0.3) is 22.2 Å². The van der Waals surface area contributed by atoms with Crippen LogP contribution in [-0.4, -0.2) is 22.6 Å². The summed E-state index contributed by atoms with van der Waals surface area (Å²) in [7, 11) is 2.05. The number of nitrogens with zero attached hydrogens (tertiary/aromatic N) is 3. The first-order valence-corrected chi connectivity index (χ1v) is 10.8. The van der Waals surface area contributed by atoms with E-state index in [0.717, 1.165) is 40.7 Å². The van der Waals surface area contributed by atoms with E-state index in [2.05, 4.69) is 56.7 Å². The van der Waals surface area contributed by atoms with Crippen LogP contribution in [0.1, 0.15) is 18.6 Å². The van der Waals surface area contributed by atoms with Crippen LogP contribution in [0.3, 0.4) is 0 Å². The van der Waals surface area contributed by atoms with E-state index >= 15 is 0 Å². The predicted octanol–water partition coefficient (Wildman–Crippen LogP) is 5.86. The van der Waals surface area contributed by atoms with Gasteiger partial charge in [0, 0.05) is 55.7 Å². The molecule has 1 N–H and O–H groups in total. The average molecular weight is 405 g/mol. The highest BCUT2D eigenvalue weighted by molar-refractivity contribution is 8.00. The molecule has 0 amide bonds. The number of nitrogens with one attached hydrogen (secondary N) is 1. The highest BCUT2D eigenvalue weighted by atomic mass is 32.2. The molecule has 0 saturated carbocycles. The quantitative estimate of drug-likeness (QED) is 0.422. The molecule has 5 nitrogen and oxygen atoms in total. The third kappa shape index (κ3) is 3.49. The van der Waals surface area contributed by atoms with Gasteiger partial charge in [0.05, 0.1) is 11.1 Å². The molecule has 0 spiro atoms. The largest absolute Gasteiger partial charge is 0.453 e. The molecule has 0 radical (unpaired) electrons. The van der Waals surface area contributed by atoms with E-state index in [1.807, 2.05) is 31.3 Å².